The first kappa shape index (κ1) is 14.5. The summed E-state index contributed by atoms with van der Waals surface area (Å²) in [7, 11) is -1.52. The maximum Gasteiger partial charge on any atom is 0.490 e. The Hall–Kier alpha value is -2.08. The van der Waals surface area contributed by atoms with Gasteiger partial charge in [0, 0.05) is 26.4 Å². The lowest BCUT2D eigenvalue weighted by Crippen LogP contribution is -2.31. The van der Waals surface area contributed by atoms with Crippen LogP contribution in [0.4, 0.5) is 0 Å². The number of para-hydroxylation sites is 2. The lowest BCUT2D eigenvalue weighted by atomic mass is 9.79. The second-order valence-corrected chi connectivity index (χ2v) is 6.37. The minimum atomic E-state index is -1.52. The number of benzene rings is 3. The van der Waals surface area contributed by atoms with Crippen molar-refractivity contribution in [3.63, 3.8) is 0 Å². The number of aromatic nitrogens is 1. The third kappa shape index (κ3) is 2.29. The van der Waals surface area contributed by atoms with Gasteiger partial charge in [-0.2, -0.15) is 0 Å². The Morgan fingerprint density at radius 2 is 1.57 bits per heavy atom. The normalized spacial score (nSPS) is 11.3. The molecule has 4 aromatic rings. The largest absolute Gasteiger partial charge is 0.490 e. The van der Waals surface area contributed by atoms with Crippen LogP contribution in [0.2, 0.25) is 0 Å². The van der Waals surface area contributed by atoms with Gasteiger partial charge in [-0.3, -0.25) is 0 Å². The van der Waals surface area contributed by atoms with E-state index in [2.05, 4.69) is 26.6 Å². The molecule has 2 N–H and O–H groups in total. The van der Waals surface area contributed by atoms with Crippen LogP contribution in [0.15, 0.2) is 71.2 Å². The molecule has 0 atom stereocenters. The molecule has 5 heteroatoms. The van der Waals surface area contributed by atoms with E-state index in [0.717, 1.165) is 32.0 Å². The van der Waals surface area contributed by atoms with E-state index in [1.54, 1.807) is 6.07 Å². The molecular weight excluding hydrogens is 353 g/mol. The quantitative estimate of drug-likeness (QED) is 0.536. The monoisotopic (exact) mass is 365 g/mol. The molecule has 112 valence electrons. The van der Waals surface area contributed by atoms with Gasteiger partial charge < -0.3 is 14.6 Å². The molecule has 1 aromatic heterocycles. The Kier molecular flexibility index (Phi) is 3.49. The predicted molar refractivity (Wildman–Crippen MR) is 98.3 cm³/mol. The summed E-state index contributed by atoms with van der Waals surface area (Å²) in [6.07, 6.45) is 0. The van der Waals surface area contributed by atoms with Gasteiger partial charge in [0.2, 0.25) is 0 Å². The number of rotatable bonds is 2. The van der Waals surface area contributed by atoms with E-state index in [0.29, 0.717) is 5.46 Å². The highest BCUT2D eigenvalue weighted by Crippen LogP contribution is 2.31. The lowest BCUT2D eigenvalue weighted by molar-refractivity contribution is 0.426. The van der Waals surface area contributed by atoms with Crippen LogP contribution in [0.3, 0.4) is 0 Å². The van der Waals surface area contributed by atoms with Crippen molar-refractivity contribution < 1.29 is 10.0 Å². The fourth-order valence-corrected chi connectivity index (χ4v) is 3.52. The average Bonchev–Trinajstić information content (AvgIpc) is 2.89. The topological polar surface area (TPSA) is 45.4 Å². The Morgan fingerprint density at radius 1 is 0.826 bits per heavy atom. The Bertz CT molecular complexity index is 1030. The molecule has 0 aliphatic rings. The van der Waals surface area contributed by atoms with E-state index in [1.807, 2.05) is 54.6 Å². The molecule has 4 rings (SSSR count). The summed E-state index contributed by atoms with van der Waals surface area (Å²) in [6, 6.07) is 21.7. The van der Waals surface area contributed by atoms with Gasteiger partial charge in [0.1, 0.15) is 0 Å². The van der Waals surface area contributed by atoms with E-state index in [4.69, 9.17) is 0 Å². The molecule has 1 heterocycles. The predicted octanol–water partition coefficient (Wildman–Crippen LogP) is 3.23. The minimum absolute atomic E-state index is 0.499. The first-order chi connectivity index (χ1) is 11.2. The van der Waals surface area contributed by atoms with Crippen LogP contribution in [-0.2, 0) is 0 Å². The van der Waals surface area contributed by atoms with Crippen molar-refractivity contribution in [2.45, 2.75) is 0 Å². The van der Waals surface area contributed by atoms with Crippen LogP contribution >= 0.6 is 15.9 Å². The third-order valence-corrected chi connectivity index (χ3v) is 4.56. The Morgan fingerprint density at radius 3 is 2.35 bits per heavy atom. The number of halogens is 1. The zero-order chi connectivity index (χ0) is 16.0. The van der Waals surface area contributed by atoms with Crippen molar-refractivity contribution in [1.82, 2.24) is 4.57 Å². The van der Waals surface area contributed by atoms with Gasteiger partial charge in [-0.1, -0.05) is 58.4 Å². The minimum Gasteiger partial charge on any atom is -0.423 e. The van der Waals surface area contributed by atoms with E-state index in [9.17, 15) is 10.0 Å². The summed E-state index contributed by atoms with van der Waals surface area (Å²) in [5.74, 6) is 0. The maximum atomic E-state index is 9.81. The summed E-state index contributed by atoms with van der Waals surface area (Å²) in [6.45, 7) is 0. The molecule has 0 aliphatic carbocycles. The van der Waals surface area contributed by atoms with Gasteiger partial charge in [0.05, 0.1) is 11.0 Å². The van der Waals surface area contributed by atoms with Gasteiger partial charge >= 0.3 is 7.12 Å². The van der Waals surface area contributed by atoms with Crippen LogP contribution in [0, 0.1) is 0 Å². The van der Waals surface area contributed by atoms with E-state index in [-0.39, 0.29) is 0 Å². The maximum absolute atomic E-state index is 9.81. The first-order valence-electron chi connectivity index (χ1n) is 7.31. The van der Waals surface area contributed by atoms with Crippen molar-refractivity contribution in [1.29, 1.82) is 0 Å². The van der Waals surface area contributed by atoms with Crippen molar-refractivity contribution in [2.75, 3.05) is 0 Å². The average molecular weight is 366 g/mol. The SMILES string of the molecule is OB(O)c1cccc2c3ccccc3n(-c3cccc(Br)c3)c12. The second kappa shape index (κ2) is 5.53. The van der Waals surface area contributed by atoms with Gasteiger partial charge in [-0.25, -0.2) is 0 Å². The van der Waals surface area contributed by atoms with Gasteiger partial charge in [0.15, 0.2) is 0 Å². The van der Waals surface area contributed by atoms with Crippen LogP contribution in [0.5, 0.6) is 0 Å². The molecule has 0 spiro atoms. The van der Waals surface area contributed by atoms with Crippen molar-refractivity contribution in [3.05, 3.63) is 71.2 Å². The first-order valence-corrected chi connectivity index (χ1v) is 8.10. The van der Waals surface area contributed by atoms with E-state index in [1.165, 1.54) is 0 Å². The van der Waals surface area contributed by atoms with Crippen molar-refractivity contribution >= 4 is 50.3 Å². The smallest absolute Gasteiger partial charge is 0.423 e. The second-order valence-electron chi connectivity index (χ2n) is 5.45. The standard InChI is InChI=1S/C18H13BBrNO2/c20-12-5-3-6-13(11-12)21-17-10-2-1-7-14(17)15-8-4-9-16(18(15)21)19(22)23/h1-11,22-23H. The number of fused-ring (bicyclic) bond motifs is 3. The Labute approximate surface area is 142 Å². The van der Waals surface area contributed by atoms with Crippen LogP contribution < -0.4 is 5.46 Å². The molecule has 3 aromatic carbocycles. The number of hydrogen-bond acceptors (Lipinski definition) is 2. The molecule has 0 unspecified atom stereocenters. The molecule has 0 fully saturated rings. The summed E-state index contributed by atoms with van der Waals surface area (Å²) in [4.78, 5) is 0. The number of hydrogen-bond donors (Lipinski definition) is 2. The van der Waals surface area contributed by atoms with E-state index < -0.39 is 7.12 Å². The summed E-state index contributed by atoms with van der Waals surface area (Å²) < 4.78 is 3.05. The van der Waals surface area contributed by atoms with Crippen molar-refractivity contribution in [2.24, 2.45) is 0 Å². The van der Waals surface area contributed by atoms with Gasteiger partial charge in [-0.15, -0.1) is 0 Å². The fraction of sp³-hybridized carbons (Fsp3) is 0. The zero-order valence-corrected chi connectivity index (χ0v) is 13.7. The van der Waals surface area contributed by atoms with Crippen LogP contribution in [0.25, 0.3) is 27.5 Å². The highest BCUT2D eigenvalue weighted by Gasteiger charge is 2.21. The molecule has 0 radical (unpaired) electrons. The summed E-state index contributed by atoms with van der Waals surface area (Å²) in [5, 5.41) is 21.7. The molecule has 0 amide bonds. The fourth-order valence-electron chi connectivity index (χ4n) is 3.14. The molecule has 0 bridgehead atoms. The molecule has 0 aliphatic heterocycles. The van der Waals surface area contributed by atoms with Crippen LogP contribution in [0.1, 0.15) is 0 Å². The van der Waals surface area contributed by atoms with Gasteiger partial charge in [-0.05, 0) is 24.3 Å². The summed E-state index contributed by atoms with van der Waals surface area (Å²) in [5.41, 5.74) is 3.33. The third-order valence-electron chi connectivity index (χ3n) is 4.07. The van der Waals surface area contributed by atoms with Crippen LogP contribution in [-0.4, -0.2) is 21.7 Å². The molecule has 23 heavy (non-hydrogen) atoms. The van der Waals surface area contributed by atoms with Crippen molar-refractivity contribution in [3.8, 4) is 5.69 Å². The molecule has 0 saturated carbocycles. The zero-order valence-electron chi connectivity index (χ0n) is 12.1. The molecule has 3 nitrogen and oxygen atoms in total. The Balaban J connectivity index is 2.23. The lowest BCUT2D eigenvalue weighted by Gasteiger charge is -2.11. The molecular formula is C18H13BBrNO2. The van der Waals surface area contributed by atoms with E-state index >= 15 is 0 Å². The highest BCUT2D eigenvalue weighted by atomic mass is 79.9. The number of nitrogens with zero attached hydrogens (tertiary/aromatic N) is 1. The van der Waals surface area contributed by atoms with Gasteiger partial charge in [0.25, 0.3) is 0 Å². The molecule has 0 saturated heterocycles. The highest BCUT2D eigenvalue weighted by molar-refractivity contribution is 9.10. The summed E-state index contributed by atoms with van der Waals surface area (Å²) >= 11 is 3.51.